The number of hydrogen-bond donors (Lipinski definition) is 1. The van der Waals surface area contributed by atoms with Crippen molar-refractivity contribution >= 4 is 58.1 Å². The van der Waals surface area contributed by atoms with Gasteiger partial charge >= 0.3 is 0 Å². The molecule has 4 amide bonds. The molecule has 0 saturated carbocycles. The third-order valence-electron chi connectivity index (χ3n) is 5.18. The molecule has 9 heteroatoms. The van der Waals surface area contributed by atoms with Crippen molar-refractivity contribution in [2.75, 3.05) is 24.5 Å². The van der Waals surface area contributed by atoms with E-state index in [4.69, 9.17) is 11.6 Å². The van der Waals surface area contributed by atoms with Crippen LogP contribution in [0.5, 0.6) is 0 Å². The summed E-state index contributed by atoms with van der Waals surface area (Å²) in [4.78, 5) is 52.2. The minimum atomic E-state index is -0.385. The Kier molecular flexibility index (Phi) is 6.62. The Balaban J connectivity index is 1.31. The smallest absolute Gasteiger partial charge is 0.293 e. The molecule has 164 valence electrons. The second-order valence-electron chi connectivity index (χ2n) is 7.34. The van der Waals surface area contributed by atoms with Crippen molar-refractivity contribution in [2.45, 2.75) is 12.8 Å². The number of benzene rings is 2. The van der Waals surface area contributed by atoms with Crippen molar-refractivity contribution in [3.63, 3.8) is 0 Å². The number of carbonyl (C=O) groups is 4. The number of carbonyl (C=O) groups excluding carboxylic acids is 4. The number of amides is 4. The lowest BCUT2D eigenvalue weighted by Crippen LogP contribution is -2.37. The molecule has 2 aliphatic rings. The SMILES string of the molecule is O=C(NCCN1C(=O)S/C(=C/c2ccc(Cl)cc2)C1=O)c1ccc(N2CCCC2=O)cc1. The van der Waals surface area contributed by atoms with Crippen LogP contribution < -0.4 is 10.2 Å². The number of hydrogen-bond acceptors (Lipinski definition) is 5. The Bertz CT molecular complexity index is 1100. The van der Waals surface area contributed by atoms with Gasteiger partial charge in [0.25, 0.3) is 17.1 Å². The second kappa shape index (κ2) is 9.58. The van der Waals surface area contributed by atoms with Crippen molar-refractivity contribution in [1.82, 2.24) is 10.2 Å². The van der Waals surface area contributed by atoms with Crippen LogP contribution in [0.15, 0.2) is 53.4 Å². The molecule has 2 aliphatic heterocycles. The number of imide groups is 1. The Morgan fingerprint density at radius 2 is 1.78 bits per heavy atom. The highest BCUT2D eigenvalue weighted by molar-refractivity contribution is 8.18. The Labute approximate surface area is 194 Å². The monoisotopic (exact) mass is 469 g/mol. The van der Waals surface area contributed by atoms with Crippen LogP contribution in [-0.4, -0.2) is 47.5 Å². The summed E-state index contributed by atoms with van der Waals surface area (Å²) in [5.41, 5.74) is 1.98. The molecule has 7 nitrogen and oxygen atoms in total. The van der Waals surface area contributed by atoms with E-state index in [0.29, 0.717) is 28.5 Å². The molecule has 0 atom stereocenters. The predicted octanol–water partition coefficient (Wildman–Crippen LogP) is 3.93. The van der Waals surface area contributed by atoms with Gasteiger partial charge in [-0.15, -0.1) is 0 Å². The van der Waals surface area contributed by atoms with Gasteiger partial charge in [-0.05, 0) is 66.2 Å². The normalized spacial score (nSPS) is 17.5. The second-order valence-corrected chi connectivity index (χ2v) is 8.77. The molecule has 0 radical (unpaired) electrons. The van der Waals surface area contributed by atoms with Gasteiger partial charge in [0.05, 0.1) is 4.91 Å². The van der Waals surface area contributed by atoms with Gasteiger partial charge in [0.15, 0.2) is 0 Å². The number of nitrogens with zero attached hydrogens (tertiary/aromatic N) is 2. The molecule has 2 fully saturated rings. The zero-order chi connectivity index (χ0) is 22.7. The lowest BCUT2D eigenvalue weighted by atomic mass is 10.2. The van der Waals surface area contributed by atoms with Crippen LogP contribution in [0.25, 0.3) is 6.08 Å². The fourth-order valence-corrected chi connectivity index (χ4v) is 4.49. The van der Waals surface area contributed by atoms with Crippen LogP contribution in [0.1, 0.15) is 28.8 Å². The fourth-order valence-electron chi connectivity index (χ4n) is 3.50. The summed E-state index contributed by atoms with van der Waals surface area (Å²) in [6, 6.07) is 13.8. The molecule has 4 rings (SSSR count). The summed E-state index contributed by atoms with van der Waals surface area (Å²) in [5.74, 6) is -0.610. The van der Waals surface area contributed by atoms with E-state index in [0.717, 1.165) is 34.3 Å². The van der Waals surface area contributed by atoms with Crippen molar-refractivity contribution in [1.29, 1.82) is 0 Å². The minimum Gasteiger partial charge on any atom is -0.350 e. The van der Waals surface area contributed by atoms with E-state index in [1.165, 1.54) is 0 Å². The van der Waals surface area contributed by atoms with Gasteiger partial charge in [0.2, 0.25) is 5.91 Å². The first-order valence-electron chi connectivity index (χ1n) is 10.1. The molecule has 0 aromatic heterocycles. The Morgan fingerprint density at radius 1 is 1.06 bits per heavy atom. The standard InChI is InChI=1S/C23H20ClN3O4S/c24-17-7-3-15(4-8-17)14-19-22(30)27(23(31)32-19)13-11-25-21(29)16-5-9-18(10-6-16)26-12-1-2-20(26)28/h3-10,14H,1-2,11-13H2,(H,25,29)/b19-14+. The summed E-state index contributed by atoms with van der Waals surface area (Å²) < 4.78 is 0. The third kappa shape index (κ3) is 4.87. The highest BCUT2D eigenvalue weighted by atomic mass is 35.5. The van der Waals surface area contributed by atoms with Crippen molar-refractivity contribution in [2.24, 2.45) is 0 Å². The first-order chi connectivity index (χ1) is 15.4. The molecule has 0 unspecified atom stereocenters. The average Bonchev–Trinajstić information content (AvgIpc) is 3.33. The van der Waals surface area contributed by atoms with Crippen molar-refractivity contribution in [3.8, 4) is 0 Å². The molecule has 2 saturated heterocycles. The maximum atomic E-state index is 12.6. The molecular formula is C23H20ClN3O4S. The first-order valence-corrected chi connectivity index (χ1v) is 11.3. The molecular weight excluding hydrogens is 450 g/mol. The largest absolute Gasteiger partial charge is 0.350 e. The van der Waals surface area contributed by atoms with Crippen LogP contribution in [0.2, 0.25) is 5.02 Å². The maximum absolute atomic E-state index is 12.6. The van der Waals surface area contributed by atoms with Crippen molar-refractivity contribution in [3.05, 3.63) is 69.6 Å². The van der Waals surface area contributed by atoms with E-state index in [-0.39, 0.29) is 36.1 Å². The van der Waals surface area contributed by atoms with Crippen molar-refractivity contribution < 1.29 is 19.2 Å². The van der Waals surface area contributed by atoms with E-state index in [9.17, 15) is 19.2 Å². The highest BCUT2D eigenvalue weighted by Gasteiger charge is 2.34. The van der Waals surface area contributed by atoms with Crippen LogP contribution in [0.3, 0.4) is 0 Å². The van der Waals surface area contributed by atoms with Crippen LogP contribution in [0, 0.1) is 0 Å². The number of nitrogens with one attached hydrogen (secondary N) is 1. The quantitative estimate of drug-likeness (QED) is 0.648. The maximum Gasteiger partial charge on any atom is 0.293 e. The van der Waals surface area contributed by atoms with E-state index in [1.807, 2.05) is 0 Å². The van der Waals surface area contributed by atoms with Gasteiger partial charge in [-0.25, -0.2) is 0 Å². The molecule has 2 heterocycles. The number of halogens is 1. The summed E-state index contributed by atoms with van der Waals surface area (Å²) in [6.45, 7) is 0.904. The summed E-state index contributed by atoms with van der Waals surface area (Å²) in [5, 5.41) is 2.94. The molecule has 0 spiro atoms. The fraction of sp³-hybridized carbons (Fsp3) is 0.217. The van der Waals surface area contributed by atoms with Gasteiger partial charge in [0.1, 0.15) is 0 Å². The summed E-state index contributed by atoms with van der Waals surface area (Å²) >= 11 is 6.74. The van der Waals surface area contributed by atoms with E-state index < -0.39 is 0 Å². The third-order valence-corrected chi connectivity index (χ3v) is 6.34. The first kappa shape index (κ1) is 22.1. The van der Waals surface area contributed by atoms with E-state index in [2.05, 4.69) is 5.32 Å². The zero-order valence-corrected chi connectivity index (χ0v) is 18.6. The minimum absolute atomic E-state index is 0.0781. The molecule has 2 aromatic rings. The Hall–Kier alpha value is -3.10. The topological polar surface area (TPSA) is 86.8 Å². The van der Waals surface area contributed by atoms with E-state index in [1.54, 1.807) is 59.5 Å². The summed E-state index contributed by atoms with van der Waals surface area (Å²) in [6.07, 6.45) is 3.03. The van der Waals surface area contributed by atoms with E-state index >= 15 is 0 Å². The summed E-state index contributed by atoms with van der Waals surface area (Å²) in [7, 11) is 0. The number of anilines is 1. The molecule has 2 aromatic carbocycles. The molecule has 0 aliphatic carbocycles. The van der Waals surface area contributed by atoms with Crippen LogP contribution in [0.4, 0.5) is 10.5 Å². The molecule has 32 heavy (non-hydrogen) atoms. The van der Waals surface area contributed by atoms with Gasteiger partial charge in [-0.3, -0.25) is 24.1 Å². The number of rotatable bonds is 6. The van der Waals surface area contributed by atoms with Crippen LogP contribution >= 0.6 is 23.4 Å². The van der Waals surface area contributed by atoms with Gasteiger partial charge < -0.3 is 10.2 Å². The number of thioether (sulfide) groups is 1. The average molecular weight is 470 g/mol. The zero-order valence-electron chi connectivity index (χ0n) is 17.0. The van der Waals surface area contributed by atoms with Gasteiger partial charge in [-0.2, -0.15) is 0 Å². The highest BCUT2D eigenvalue weighted by Crippen LogP contribution is 2.32. The lowest BCUT2D eigenvalue weighted by Gasteiger charge is -2.16. The lowest BCUT2D eigenvalue weighted by molar-refractivity contribution is -0.122. The predicted molar refractivity (Wildman–Crippen MR) is 124 cm³/mol. The van der Waals surface area contributed by atoms with Crippen LogP contribution in [-0.2, 0) is 9.59 Å². The molecule has 1 N–H and O–H groups in total. The molecule has 0 bridgehead atoms. The Morgan fingerprint density at radius 3 is 2.44 bits per heavy atom. The van der Waals surface area contributed by atoms with Gasteiger partial charge in [0, 0.05) is 42.3 Å². The van der Waals surface area contributed by atoms with Gasteiger partial charge in [-0.1, -0.05) is 23.7 Å².